The number of nitrogens with zero attached hydrogens (tertiary/aromatic N) is 2. The number of hydrogen-bond acceptors (Lipinski definition) is 3. The van der Waals surface area contributed by atoms with E-state index in [4.69, 9.17) is 5.11 Å². The van der Waals surface area contributed by atoms with Gasteiger partial charge >= 0.3 is 5.97 Å². The number of carbonyl (C=O) groups excluding carboxylic acids is 1. The van der Waals surface area contributed by atoms with Crippen LogP contribution in [0, 0.1) is 13.8 Å². The first-order chi connectivity index (χ1) is 9.70. The predicted octanol–water partition coefficient (Wildman–Crippen LogP) is 1.74. The summed E-state index contributed by atoms with van der Waals surface area (Å²) in [4.78, 5) is 30.5. The van der Waals surface area contributed by atoms with Gasteiger partial charge in [-0.25, -0.2) is 4.79 Å². The van der Waals surface area contributed by atoms with Gasteiger partial charge in [0.2, 0.25) is 0 Å². The van der Waals surface area contributed by atoms with Gasteiger partial charge in [-0.2, -0.15) is 0 Å². The maximum atomic E-state index is 12.8. The molecule has 1 aromatic heterocycles. The van der Waals surface area contributed by atoms with Crippen molar-refractivity contribution in [1.82, 2.24) is 14.8 Å². The van der Waals surface area contributed by atoms with Gasteiger partial charge in [-0.1, -0.05) is 0 Å². The first-order valence-corrected chi connectivity index (χ1v) is 7.08. The number of nitrogens with one attached hydrogen (secondary N) is 1. The molecular weight excluding hydrogens is 270 g/mol. The number of aromatic nitrogens is 1. The molecule has 6 nitrogen and oxygen atoms in total. The standard InChI is InChI=1S/C15H25N3O3/c1-7-18(9(2)8-17(5)6)14(19)12-10(3)13(15(20)21)16-11(12)4/h9,16H,7-8H2,1-6H3,(H,20,21). The molecule has 0 aliphatic heterocycles. The molecule has 1 heterocycles. The van der Waals surface area contributed by atoms with E-state index in [-0.39, 0.29) is 17.6 Å². The summed E-state index contributed by atoms with van der Waals surface area (Å²) < 4.78 is 0. The molecule has 1 rings (SSSR count). The molecule has 1 aromatic rings. The Morgan fingerprint density at radius 2 is 1.86 bits per heavy atom. The number of aromatic carboxylic acids is 1. The summed E-state index contributed by atoms with van der Waals surface area (Å²) in [6.45, 7) is 8.67. The van der Waals surface area contributed by atoms with Gasteiger partial charge in [-0.3, -0.25) is 4.79 Å². The van der Waals surface area contributed by atoms with Crippen molar-refractivity contribution in [3.8, 4) is 0 Å². The Morgan fingerprint density at radius 1 is 1.29 bits per heavy atom. The van der Waals surface area contributed by atoms with Crippen molar-refractivity contribution in [3.05, 3.63) is 22.5 Å². The number of likely N-dealkylation sites (N-methyl/N-ethyl adjacent to an activating group) is 2. The molecule has 1 atom stereocenters. The lowest BCUT2D eigenvalue weighted by Crippen LogP contribution is -2.44. The molecule has 0 spiro atoms. The van der Waals surface area contributed by atoms with Gasteiger partial charge in [0.1, 0.15) is 5.69 Å². The minimum absolute atomic E-state index is 0.0551. The lowest BCUT2D eigenvalue weighted by atomic mass is 10.1. The van der Waals surface area contributed by atoms with Gasteiger partial charge in [0.15, 0.2) is 0 Å². The molecule has 0 aliphatic carbocycles. The third-order valence-electron chi connectivity index (χ3n) is 3.63. The molecular formula is C15H25N3O3. The van der Waals surface area contributed by atoms with Crippen molar-refractivity contribution < 1.29 is 14.7 Å². The highest BCUT2D eigenvalue weighted by Gasteiger charge is 2.27. The normalized spacial score (nSPS) is 12.5. The molecule has 2 N–H and O–H groups in total. The molecule has 21 heavy (non-hydrogen) atoms. The lowest BCUT2D eigenvalue weighted by Gasteiger charge is -2.30. The van der Waals surface area contributed by atoms with Gasteiger partial charge in [0.05, 0.1) is 5.56 Å². The molecule has 0 aromatic carbocycles. The average molecular weight is 295 g/mol. The summed E-state index contributed by atoms with van der Waals surface area (Å²) in [7, 11) is 3.92. The zero-order chi connectivity index (χ0) is 16.3. The fraction of sp³-hybridized carbons (Fsp3) is 0.600. The molecule has 0 bridgehead atoms. The van der Waals surface area contributed by atoms with Gasteiger partial charge in [0.25, 0.3) is 5.91 Å². The van der Waals surface area contributed by atoms with Crippen LogP contribution >= 0.6 is 0 Å². The fourth-order valence-corrected chi connectivity index (χ4v) is 2.71. The molecule has 1 unspecified atom stereocenters. The van der Waals surface area contributed by atoms with E-state index in [0.29, 0.717) is 23.4 Å². The van der Waals surface area contributed by atoms with Crippen LogP contribution in [-0.2, 0) is 0 Å². The van der Waals surface area contributed by atoms with Crippen LogP contribution in [0.15, 0.2) is 0 Å². The third-order valence-corrected chi connectivity index (χ3v) is 3.63. The minimum Gasteiger partial charge on any atom is -0.477 e. The van der Waals surface area contributed by atoms with Crippen LogP contribution in [0.4, 0.5) is 0 Å². The number of aryl methyl sites for hydroxylation is 1. The number of amides is 1. The van der Waals surface area contributed by atoms with E-state index < -0.39 is 5.97 Å². The summed E-state index contributed by atoms with van der Waals surface area (Å²) in [5, 5.41) is 9.15. The first kappa shape index (κ1) is 17.2. The van der Waals surface area contributed by atoms with Crippen molar-refractivity contribution in [2.24, 2.45) is 0 Å². The van der Waals surface area contributed by atoms with Crippen LogP contribution in [0.2, 0.25) is 0 Å². The first-order valence-electron chi connectivity index (χ1n) is 7.08. The highest BCUT2D eigenvalue weighted by Crippen LogP contribution is 2.21. The Bertz CT molecular complexity index is 535. The van der Waals surface area contributed by atoms with E-state index in [9.17, 15) is 9.59 Å². The average Bonchev–Trinajstić information content (AvgIpc) is 2.64. The molecule has 1 amide bonds. The smallest absolute Gasteiger partial charge is 0.352 e. The van der Waals surface area contributed by atoms with Crippen molar-refractivity contribution in [2.45, 2.75) is 33.7 Å². The molecule has 0 saturated carbocycles. The molecule has 0 aliphatic rings. The topological polar surface area (TPSA) is 76.6 Å². The zero-order valence-electron chi connectivity index (χ0n) is 13.6. The van der Waals surface area contributed by atoms with Gasteiger partial charge < -0.3 is 19.9 Å². The number of hydrogen-bond donors (Lipinski definition) is 2. The van der Waals surface area contributed by atoms with E-state index in [1.165, 1.54) is 0 Å². The minimum atomic E-state index is -1.04. The largest absolute Gasteiger partial charge is 0.477 e. The van der Waals surface area contributed by atoms with E-state index in [2.05, 4.69) is 4.98 Å². The Kier molecular flexibility index (Phi) is 5.54. The molecule has 0 radical (unpaired) electrons. The van der Waals surface area contributed by atoms with Crippen molar-refractivity contribution in [1.29, 1.82) is 0 Å². The van der Waals surface area contributed by atoms with Crippen LogP contribution in [0.25, 0.3) is 0 Å². The summed E-state index contributed by atoms with van der Waals surface area (Å²) >= 11 is 0. The van der Waals surface area contributed by atoms with E-state index in [1.54, 1.807) is 18.7 Å². The number of carboxylic acid groups (broad SMARTS) is 1. The monoisotopic (exact) mass is 295 g/mol. The number of carboxylic acids is 1. The van der Waals surface area contributed by atoms with Crippen LogP contribution in [0.3, 0.4) is 0 Å². The summed E-state index contributed by atoms with van der Waals surface area (Å²) in [5.41, 5.74) is 1.66. The Balaban J connectivity index is 3.14. The van der Waals surface area contributed by atoms with Crippen LogP contribution in [0.1, 0.15) is 46.0 Å². The lowest BCUT2D eigenvalue weighted by molar-refractivity contribution is 0.0677. The molecule has 0 saturated heterocycles. The summed E-state index contributed by atoms with van der Waals surface area (Å²) in [6.07, 6.45) is 0. The van der Waals surface area contributed by atoms with Gasteiger partial charge in [-0.15, -0.1) is 0 Å². The van der Waals surface area contributed by atoms with Crippen molar-refractivity contribution >= 4 is 11.9 Å². The number of rotatable bonds is 6. The highest BCUT2D eigenvalue weighted by atomic mass is 16.4. The second-order valence-electron chi connectivity index (χ2n) is 5.63. The van der Waals surface area contributed by atoms with Crippen LogP contribution in [-0.4, -0.2) is 65.0 Å². The third kappa shape index (κ3) is 3.64. The number of H-pyrrole nitrogens is 1. The Morgan fingerprint density at radius 3 is 2.24 bits per heavy atom. The number of aromatic amines is 1. The fourth-order valence-electron chi connectivity index (χ4n) is 2.71. The summed E-state index contributed by atoms with van der Waals surface area (Å²) in [5.74, 6) is -1.16. The van der Waals surface area contributed by atoms with E-state index >= 15 is 0 Å². The van der Waals surface area contributed by atoms with Gasteiger partial charge in [-0.05, 0) is 47.4 Å². The second-order valence-corrected chi connectivity index (χ2v) is 5.63. The second kappa shape index (κ2) is 6.76. The van der Waals surface area contributed by atoms with Crippen LogP contribution in [0.5, 0.6) is 0 Å². The highest BCUT2D eigenvalue weighted by molar-refractivity contribution is 6.01. The quantitative estimate of drug-likeness (QED) is 0.838. The summed E-state index contributed by atoms with van der Waals surface area (Å²) in [6, 6.07) is 0.0551. The van der Waals surface area contributed by atoms with E-state index in [0.717, 1.165) is 6.54 Å². The zero-order valence-corrected chi connectivity index (χ0v) is 13.6. The molecule has 0 fully saturated rings. The molecule has 6 heteroatoms. The SMILES string of the molecule is CCN(C(=O)c1c(C)[nH]c(C(=O)O)c1C)C(C)CN(C)C. The molecule has 118 valence electrons. The van der Waals surface area contributed by atoms with Crippen molar-refractivity contribution in [3.63, 3.8) is 0 Å². The van der Waals surface area contributed by atoms with Crippen molar-refractivity contribution in [2.75, 3.05) is 27.2 Å². The number of carbonyl (C=O) groups is 2. The van der Waals surface area contributed by atoms with E-state index in [1.807, 2.05) is 32.8 Å². The van der Waals surface area contributed by atoms with Crippen LogP contribution < -0.4 is 0 Å². The maximum Gasteiger partial charge on any atom is 0.352 e. The predicted molar refractivity (Wildman–Crippen MR) is 82.0 cm³/mol. The Labute approximate surface area is 125 Å². The maximum absolute atomic E-state index is 12.8. The Hall–Kier alpha value is -1.82. The van der Waals surface area contributed by atoms with Gasteiger partial charge in [0, 0.05) is 24.8 Å².